The molecule has 1 aromatic rings. The Bertz CT molecular complexity index is 626. The van der Waals surface area contributed by atoms with Crippen molar-refractivity contribution in [3.8, 4) is 18.1 Å². The number of carbonyl (C=O) groups is 1. The molecule has 1 fully saturated rings. The molecule has 0 spiro atoms. The molecule has 2 atom stereocenters. The van der Waals surface area contributed by atoms with E-state index in [0.29, 0.717) is 13.2 Å². The fraction of sp³-hybridized carbons (Fsp3) is 0.500. The van der Waals surface area contributed by atoms with Crippen LogP contribution in [0.1, 0.15) is 37.3 Å². The number of halogens is 1. The van der Waals surface area contributed by atoms with E-state index in [1.54, 1.807) is 0 Å². The summed E-state index contributed by atoms with van der Waals surface area (Å²) in [5, 5.41) is 3.21. The molecule has 4 nitrogen and oxygen atoms in total. The highest BCUT2D eigenvalue weighted by molar-refractivity contribution is 9.10. The van der Waals surface area contributed by atoms with Gasteiger partial charge in [0, 0.05) is 16.5 Å². The molecule has 0 radical (unpaired) electrons. The number of rotatable bonds is 3. The molecule has 1 aromatic carbocycles. The zero-order chi connectivity index (χ0) is 16.2. The Morgan fingerprint density at radius 2 is 2.30 bits per heavy atom. The van der Waals surface area contributed by atoms with Gasteiger partial charge >= 0.3 is 0 Å². The van der Waals surface area contributed by atoms with Crippen molar-refractivity contribution in [2.45, 2.75) is 37.8 Å². The number of fused-ring (bicyclic) bond motifs is 1. The first kappa shape index (κ1) is 16.4. The van der Waals surface area contributed by atoms with E-state index in [4.69, 9.17) is 11.2 Å². The minimum absolute atomic E-state index is 0.00152. The number of nitrogens with zero attached hydrogens (tertiary/aromatic N) is 1. The van der Waals surface area contributed by atoms with Crippen LogP contribution < -0.4 is 10.1 Å². The quantitative estimate of drug-likeness (QED) is 0.824. The van der Waals surface area contributed by atoms with E-state index >= 15 is 0 Å². The highest BCUT2D eigenvalue weighted by Gasteiger charge is 2.31. The van der Waals surface area contributed by atoms with Crippen LogP contribution in [-0.4, -0.2) is 36.5 Å². The Hall–Kier alpha value is -1.51. The van der Waals surface area contributed by atoms with Gasteiger partial charge in [0.05, 0.1) is 25.2 Å². The van der Waals surface area contributed by atoms with Gasteiger partial charge in [0.1, 0.15) is 5.75 Å². The molecule has 2 aliphatic rings. The van der Waals surface area contributed by atoms with E-state index in [1.165, 1.54) is 0 Å². The van der Waals surface area contributed by atoms with Gasteiger partial charge in [0.15, 0.2) is 0 Å². The number of benzene rings is 1. The van der Waals surface area contributed by atoms with Gasteiger partial charge in [-0.25, -0.2) is 0 Å². The normalized spacial score (nSPS) is 24.2. The van der Waals surface area contributed by atoms with Crippen molar-refractivity contribution in [1.82, 2.24) is 10.2 Å². The van der Waals surface area contributed by atoms with Crippen LogP contribution in [0.3, 0.4) is 0 Å². The fourth-order valence-electron chi connectivity index (χ4n) is 3.38. The second-order valence-corrected chi connectivity index (χ2v) is 6.98. The monoisotopic (exact) mass is 376 g/mol. The van der Waals surface area contributed by atoms with E-state index in [0.717, 1.165) is 48.0 Å². The summed E-state index contributed by atoms with van der Waals surface area (Å²) in [6.07, 6.45) is 9.29. The molecule has 1 saturated heterocycles. The number of nitrogens with one attached hydrogen (secondary N) is 1. The predicted molar refractivity (Wildman–Crippen MR) is 93.2 cm³/mol. The number of carbonyl (C=O) groups excluding carboxylic acids is 1. The Labute approximate surface area is 145 Å². The number of amides is 1. The molecule has 1 N–H and O–H groups in total. The highest BCUT2D eigenvalue weighted by atomic mass is 79.9. The molecule has 2 heterocycles. The second-order valence-electron chi connectivity index (χ2n) is 6.07. The first-order valence-electron chi connectivity index (χ1n) is 8.09. The molecule has 0 saturated carbocycles. The Kier molecular flexibility index (Phi) is 5.24. The Morgan fingerprint density at radius 1 is 1.43 bits per heavy atom. The SMILES string of the molecule is C#CCN1CCCC[C@H]1C(=O)N[C@@H]1CCOc2ccc(Br)cc21. The third-order valence-electron chi connectivity index (χ3n) is 4.54. The van der Waals surface area contributed by atoms with Crippen LogP contribution in [0.25, 0.3) is 0 Å². The van der Waals surface area contributed by atoms with Gasteiger partial charge in [-0.2, -0.15) is 0 Å². The van der Waals surface area contributed by atoms with Crippen LogP contribution in [0.5, 0.6) is 5.75 Å². The van der Waals surface area contributed by atoms with Crippen molar-refractivity contribution >= 4 is 21.8 Å². The molecule has 0 unspecified atom stereocenters. The predicted octanol–water partition coefficient (Wildman–Crippen LogP) is 2.88. The van der Waals surface area contributed by atoms with E-state index < -0.39 is 0 Å². The molecule has 2 aliphatic heterocycles. The van der Waals surface area contributed by atoms with Gasteiger partial charge in [-0.3, -0.25) is 9.69 Å². The van der Waals surface area contributed by atoms with E-state index in [-0.39, 0.29) is 18.0 Å². The molecule has 1 amide bonds. The lowest BCUT2D eigenvalue weighted by molar-refractivity contribution is -0.128. The summed E-state index contributed by atoms with van der Waals surface area (Å²) in [7, 11) is 0. The Balaban J connectivity index is 1.73. The average molecular weight is 377 g/mol. The van der Waals surface area contributed by atoms with Gasteiger partial charge in [0.2, 0.25) is 5.91 Å². The summed E-state index contributed by atoms with van der Waals surface area (Å²) in [5.74, 6) is 3.61. The number of terminal acetylenes is 1. The number of piperidine rings is 1. The molecule has 5 heteroatoms. The van der Waals surface area contributed by atoms with Crippen molar-refractivity contribution in [2.24, 2.45) is 0 Å². The van der Waals surface area contributed by atoms with Crippen LogP contribution in [0.15, 0.2) is 22.7 Å². The van der Waals surface area contributed by atoms with Crippen LogP contribution in [-0.2, 0) is 4.79 Å². The summed E-state index contributed by atoms with van der Waals surface area (Å²) in [6, 6.07) is 5.82. The summed E-state index contributed by atoms with van der Waals surface area (Å²) < 4.78 is 6.68. The van der Waals surface area contributed by atoms with Crippen LogP contribution >= 0.6 is 15.9 Å². The first-order valence-corrected chi connectivity index (χ1v) is 8.88. The number of hydrogen-bond donors (Lipinski definition) is 1. The number of likely N-dealkylation sites (tertiary alicyclic amines) is 1. The third kappa shape index (κ3) is 3.70. The molecular formula is C18H21BrN2O2. The molecule has 0 aliphatic carbocycles. The molecule has 0 bridgehead atoms. The minimum atomic E-state index is -0.113. The van der Waals surface area contributed by atoms with Crippen LogP contribution in [0.2, 0.25) is 0 Å². The van der Waals surface area contributed by atoms with Crippen molar-refractivity contribution < 1.29 is 9.53 Å². The number of hydrogen-bond acceptors (Lipinski definition) is 3. The topological polar surface area (TPSA) is 41.6 Å². The van der Waals surface area contributed by atoms with Crippen molar-refractivity contribution in [2.75, 3.05) is 19.7 Å². The van der Waals surface area contributed by atoms with Gasteiger partial charge < -0.3 is 10.1 Å². The lowest BCUT2D eigenvalue weighted by Crippen LogP contribution is -2.50. The molecule has 23 heavy (non-hydrogen) atoms. The fourth-order valence-corrected chi connectivity index (χ4v) is 3.76. The lowest BCUT2D eigenvalue weighted by atomic mass is 9.98. The standard InChI is InChI=1S/C18H21BrN2O2/c1-2-9-21-10-4-3-5-16(21)18(22)20-15-8-11-23-17-7-6-13(19)12-14(15)17/h1,6-7,12,15-16H,3-5,8-11H2,(H,20,22)/t15-,16+/m1/s1. The lowest BCUT2D eigenvalue weighted by Gasteiger charge is -2.35. The van der Waals surface area contributed by atoms with E-state index in [1.807, 2.05) is 18.2 Å². The molecular weight excluding hydrogens is 356 g/mol. The van der Waals surface area contributed by atoms with Crippen LogP contribution in [0, 0.1) is 12.3 Å². The zero-order valence-corrected chi connectivity index (χ0v) is 14.6. The summed E-state index contributed by atoms with van der Waals surface area (Å²) >= 11 is 3.49. The third-order valence-corrected chi connectivity index (χ3v) is 5.03. The van der Waals surface area contributed by atoms with Crippen molar-refractivity contribution in [1.29, 1.82) is 0 Å². The van der Waals surface area contributed by atoms with E-state index in [2.05, 4.69) is 32.1 Å². The molecule has 3 rings (SSSR count). The van der Waals surface area contributed by atoms with Gasteiger partial charge in [-0.15, -0.1) is 6.42 Å². The summed E-state index contributed by atoms with van der Waals surface area (Å²) in [4.78, 5) is 14.9. The highest BCUT2D eigenvalue weighted by Crippen LogP contribution is 2.34. The second kappa shape index (κ2) is 7.37. The Morgan fingerprint density at radius 3 is 3.13 bits per heavy atom. The first-order chi connectivity index (χ1) is 11.2. The minimum Gasteiger partial charge on any atom is -0.493 e. The van der Waals surface area contributed by atoms with Gasteiger partial charge in [0.25, 0.3) is 0 Å². The van der Waals surface area contributed by atoms with E-state index in [9.17, 15) is 4.79 Å². The summed E-state index contributed by atoms with van der Waals surface area (Å²) in [5.41, 5.74) is 1.04. The molecule has 122 valence electrons. The maximum atomic E-state index is 12.8. The largest absolute Gasteiger partial charge is 0.493 e. The van der Waals surface area contributed by atoms with Gasteiger partial charge in [-0.1, -0.05) is 28.3 Å². The zero-order valence-electron chi connectivity index (χ0n) is 13.1. The maximum Gasteiger partial charge on any atom is 0.237 e. The summed E-state index contributed by atoms with van der Waals surface area (Å²) in [6.45, 7) is 2.06. The van der Waals surface area contributed by atoms with Crippen molar-refractivity contribution in [3.05, 3.63) is 28.2 Å². The van der Waals surface area contributed by atoms with Crippen molar-refractivity contribution in [3.63, 3.8) is 0 Å². The number of ether oxygens (including phenoxy) is 1. The molecule has 0 aromatic heterocycles. The van der Waals surface area contributed by atoms with Crippen LogP contribution in [0.4, 0.5) is 0 Å². The van der Waals surface area contributed by atoms with Gasteiger partial charge in [-0.05, 0) is 37.6 Å². The smallest absolute Gasteiger partial charge is 0.237 e. The maximum absolute atomic E-state index is 12.8. The average Bonchev–Trinajstić information content (AvgIpc) is 2.56.